The van der Waals surface area contributed by atoms with Crippen LogP contribution in [0.2, 0.25) is 0 Å². The Hall–Kier alpha value is -1.68. The standard InChI is InChI=1S/C10H12N4/c1-7(11)9-6-10(14-13-9)8-4-2-3-5-12-8/h2-7H,11H2,1H3,(H,13,14). The van der Waals surface area contributed by atoms with E-state index >= 15 is 0 Å². The zero-order valence-corrected chi connectivity index (χ0v) is 7.94. The summed E-state index contributed by atoms with van der Waals surface area (Å²) in [5, 5.41) is 7.03. The summed E-state index contributed by atoms with van der Waals surface area (Å²) < 4.78 is 0. The van der Waals surface area contributed by atoms with Crippen molar-refractivity contribution in [2.75, 3.05) is 0 Å². The van der Waals surface area contributed by atoms with Gasteiger partial charge in [-0.25, -0.2) is 0 Å². The number of nitrogens with zero attached hydrogens (tertiary/aromatic N) is 2. The number of H-pyrrole nitrogens is 1. The van der Waals surface area contributed by atoms with Gasteiger partial charge in [0.25, 0.3) is 0 Å². The molecule has 2 aromatic rings. The lowest BCUT2D eigenvalue weighted by molar-refractivity contribution is 0.772. The predicted octanol–water partition coefficient (Wildman–Crippen LogP) is 1.49. The van der Waals surface area contributed by atoms with Crippen molar-refractivity contribution in [3.8, 4) is 11.4 Å². The van der Waals surface area contributed by atoms with E-state index in [0.717, 1.165) is 17.1 Å². The Morgan fingerprint density at radius 1 is 1.36 bits per heavy atom. The van der Waals surface area contributed by atoms with E-state index in [4.69, 9.17) is 5.73 Å². The number of aromatic amines is 1. The van der Waals surface area contributed by atoms with E-state index < -0.39 is 0 Å². The molecule has 0 spiro atoms. The molecule has 0 aliphatic heterocycles. The smallest absolute Gasteiger partial charge is 0.111 e. The molecule has 0 radical (unpaired) electrons. The summed E-state index contributed by atoms with van der Waals surface area (Å²) in [6, 6.07) is 7.62. The van der Waals surface area contributed by atoms with Gasteiger partial charge in [0.05, 0.1) is 11.4 Å². The molecule has 0 aliphatic rings. The van der Waals surface area contributed by atoms with E-state index in [2.05, 4.69) is 15.2 Å². The molecule has 0 saturated carbocycles. The van der Waals surface area contributed by atoms with Crippen molar-refractivity contribution >= 4 is 0 Å². The molecular formula is C10H12N4. The molecule has 14 heavy (non-hydrogen) atoms. The van der Waals surface area contributed by atoms with Crippen LogP contribution in [0.15, 0.2) is 30.5 Å². The first kappa shape index (κ1) is 8.90. The lowest BCUT2D eigenvalue weighted by Gasteiger charge is -1.97. The fraction of sp³-hybridized carbons (Fsp3) is 0.200. The van der Waals surface area contributed by atoms with Gasteiger partial charge in [-0.05, 0) is 25.1 Å². The topological polar surface area (TPSA) is 67.6 Å². The highest BCUT2D eigenvalue weighted by Crippen LogP contribution is 2.16. The first-order valence-electron chi connectivity index (χ1n) is 4.49. The van der Waals surface area contributed by atoms with Crippen molar-refractivity contribution in [1.82, 2.24) is 15.2 Å². The van der Waals surface area contributed by atoms with Crippen LogP contribution in [0.5, 0.6) is 0 Å². The second-order valence-electron chi connectivity index (χ2n) is 3.21. The lowest BCUT2D eigenvalue weighted by atomic mass is 10.2. The summed E-state index contributed by atoms with van der Waals surface area (Å²) in [5.74, 6) is 0. The Balaban J connectivity index is 2.34. The van der Waals surface area contributed by atoms with E-state index in [1.807, 2.05) is 31.2 Å². The van der Waals surface area contributed by atoms with E-state index in [1.54, 1.807) is 6.20 Å². The Labute approximate surface area is 82.2 Å². The van der Waals surface area contributed by atoms with Gasteiger partial charge in [-0.3, -0.25) is 10.1 Å². The Morgan fingerprint density at radius 2 is 2.21 bits per heavy atom. The average molecular weight is 188 g/mol. The van der Waals surface area contributed by atoms with Gasteiger partial charge < -0.3 is 5.73 Å². The molecule has 1 unspecified atom stereocenters. The average Bonchev–Trinajstić information content (AvgIpc) is 2.68. The third-order valence-electron chi connectivity index (χ3n) is 2.02. The van der Waals surface area contributed by atoms with Crippen LogP contribution in [0.1, 0.15) is 18.7 Å². The van der Waals surface area contributed by atoms with Crippen LogP contribution in [0.4, 0.5) is 0 Å². The summed E-state index contributed by atoms with van der Waals surface area (Å²) in [5.41, 5.74) is 8.32. The fourth-order valence-electron chi connectivity index (χ4n) is 1.22. The molecule has 72 valence electrons. The predicted molar refractivity (Wildman–Crippen MR) is 54.4 cm³/mol. The van der Waals surface area contributed by atoms with Crippen molar-refractivity contribution in [3.63, 3.8) is 0 Å². The van der Waals surface area contributed by atoms with E-state index in [1.165, 1.54) is 0 Å². The number of nitrogens with one attached hydrogen (secondary N) is 1. The van der Waals surface area contributed by atoms with E-state index in [0.29, 0.717) is 0 Å². The number of hydrogen-bond acceptors (Lipinski definition) is 3. The van der Waals surface area contributed by atoms with Crippen molar-refractivity contribution in [3.05, 3.63) is 36.2 Å². The molecule has 2 rings (SSSR count). The van der Waals surface area contributed by atoms with Crippen LogP contribution >= 0.6 is 0 Å². The Kier molecular flexibility index (Phi) is 2.28. The molecule has 0 saturated heterocycles. The molecule has 0 amide bonds. The van der Waals surface area contributed by atoms with Crippen LogP contribution in [0, 0.1) is 0 Å². The van der Waals surface area contributed by atoms with Crippen molar-refractivity contribution in [1.29, 1.82) is 0 Å². The SMILES string of the molecule is CC(N)c1cc(-c2ccccn2)n[nH]1. The minimum absolute atomic E-state index is 0.0278. The molecule has 0 aromatic carbocycles. The summed E-state index contributed by atoms with van der Waals surface area (Å²) in [4.78, 5) is 4.20. The molecule has 3 N–H and O–H groups in total. The number of pyridine rings is 1. The molecule has 2 heterocycles. The highest BCUT2D eigenvalue weighted by Gasteiger charge is 2.06. The van der Waals surface area contributed by atoms with Crippen LogP contribution in [0.25, 0.3) is 11.4 Å². The van der Waals surface area contributed by atoms with Gasteiger partial charge in [-0.2, -0.15) is 5.10 Å². The molecule has 0 fully saturated rings. The van der Waals surface area contributed by atoms with Gasteiger partial charge in [0, 0.05) is 12.2 Å². The molecule has 0 bridgehead atoms. The van der Waals surface area contributed by atoms with Crippen LogP contribution in [-0.4, -0.2) is 15.2 Å². The van der Waals surface area contributed by atoms with Gasteiger partial charge in [0.15, 0.2) is 0 Å². The van der Waals surface area contributed by atoms with Gasteiger partial charge in [-0.1, -0.05) is 6.07 Å². The Morgan fingerprint density at radius 3 is 2.79 bits per heavy atom. The summed E-state index contributed by atoms with van der Waals surface area (Å²) in [6.45, 7) is 1.91. The zero-order chi connectivity index (χ0) is 9.97. The van der Waals surface area contributed by atoms with Crippen LogP contribution < -0.4 is 5.73 Å². The molecule has 0 aliphatic carbocycles. The van der Waals surface area contributed by atoms with Crippen molar-refractivity contribution in [2.24, 2.45) is 5.73 Å². The van der Waals surface area contributed by atoms with Gasteiger partial charge in [0.1, 0.15) is 5.69 Å². The molecule has 2 aromatic heterocycles. The van der Waals surface area contributed by atoms with Crippen LogP contribution in [0.3, 0.4) is 0 Å². The normalized spacial score (nSPS) is 12.7. The third kappa shape index (κ3) is 1.65. The van der Waals surface area contributed by atoms with Gasteiger partial charge in [-0.15, -0.1) is 0 Å². The lowest BCUT2D eigenvalue weighted by Crippen LogP contribution is -2.04. The first-order valence-corrected chi connectivity index (χ1v) is 4.49. The highest BCUT2D eigenvalue weighted by atomic mass is 15.1. The van der Waals surface area contributed by atoms with Crippen molar-refractivity contribution in [2.45, 2.75) is 13.0 Å². The van der Waals surface area contributed by atoms with Gasteiger partial charge >= 0.3 is 0 Å². The number of nitrogens with two attached hydrogens (primary N) is 1. The maximum Gasteiger partial charge on any atom is 0.111 e. The maximum absolute atomic E-state index is 5.71. The van der Waals surface area contributed by atoms with Gasteiger partial charge in [0.2, 0.25) is 0 Å². The number of hydrogen-bond donors (Lipinski definition) is 2. The minimum atomic E-state index is -0.0278. The number of rotatable bonds is 2. The Bertz CT molecular complexity index is 405. The van der Waals surface area contributed by atoms with Crippen molar-refractivity contribution < 1.29 is 0 Å². The maximum atomic E-state index is 5.71. The molecular weight excluding hydrogens is 176 g/mol. The molecule has 4 nitrogen and oxygen atoms in total. The molecule has 1 atom stereocenters. The van der Waals surface area contributed by atoms with E-state index in [9.17, 15) is 0 Å². The summed E-state index contributed by atoms with van der Waals surface area (Å²) >= 11 is 0. The zero-order valence-electron chi connectivity index (χ0n) is 7.94. The number of aromatic nitrogens is 3. The third-order valence-corrected chi connectivity index (χ3v) is 2.02. The first-order chi connectivity index (χ1) is 6.77. The molecule has 4 heteroatoms. The fourth-order valence-corrected chi connectivity index (χ4v) is 1.22. The largest absolute Gasteiger partial charge is 0.323 e. The minimum Gasteiger partial charge on any atom is -0.323 e. The summed E-state index contributed by atoms with van der Waals surface area (Å²) in [6.07, 6.45) is 1.75. The summed E-state index contributed by atoms with van der Waals surface area (Å²) in [7, 11) is 0. The second-order valence-corrected chi connectivity index (χ2v) is 3.21. The van der Waals surface area contributed by atoms with E-state index in [-0.39, 0.29) is 6.04 Å². The monoisotopic (exact) mass is 188 g/mol. The van der Waals surface area contributed by atoms with Crippen LogP contribution in [-0.2, 0) is 0 Å². The highest BCUT2D eigenvalue weighted by molar-refractivity contribution is 5.53. The second kappa shape index (κ2) is 3.59. The quantitative estimate of drug-likeness (QED) is 0.750.